The van der Waals surface area contributed by atoms with E-state index in [0.29, 0.717) is 29.7 Å². The number of nitrogens with zero attached hydrogens (tertiary/aromatic N) is 1. The van der Waals surface area contributed by atoms with Crippen molar-refractivity contribution in [3.05, 3.63) is 22.8 Å². The van der Waals surface area contributed by atoms with Crippen LogP contribution in [0.25, 0.3) is 0 Å². The van der Waals surface area contributed by atoms with Gasteiger partial charge in [0.2, 0.25) is 0 Å². The number of rotatable bonds is 6. The summed E-state index contributed by atoms with van der Waals surface area (Å²) in [6, 6.07) is 0.0122. The Balaban J connectivity index is 1.57. The van der Waals surface area contributed by atoms with Crippen molar-refractivity contribution in [3.8, 4) is 11.5 Å². The average molecular weight is 574 g/mol. The molecule has 4 N–H and O–H groups in total. The maximum absolute atomic E-state index is 13.4. The van der Waals surface area contributed by atoms with Crippen molar-refractivity contribution in [3.63, 3.8) is 0 Å². The third-order valence-electron chi connectivity index (χ3n) is 10.7. The van der Waals surface area contributed by atoms with Crippen LogP contribution in [-0.2, 0) is 32.1 Å². The van der Waals surface area contributed by atoms with Gasteiger partial charge in [-0.25, -0.2) is 4.79 Å². The van der Waals surface area contributed by atoms with E-state index in [2.05, 4.69) is 13.8 Å². The number of aromatic hydroxyl groups is 1. The van der Waals surface area contributed by atoms with E-state index < -0.39 is 64.9 Å². The van der Waals surface area contributed by atoms with Gasteiger partial charge in [0.05, 0.1) is 18.2 Å². The molecule has 2 saturated carbocycles. The topological polar surface area (TPSA) is 171 Å². The minimum absolute atomic E-state index is 0.00534. The molecule has 11 heteroatoms. The largest absolute Gasteiger partial charge is 0.508 e. The van der Waals surface area contributed by atoms with Crippen molar-refractivity contribution in [1.82, 2.24) is 4.90 Å². The quantitative estimate of drug-likeness (QED) is 0.371. The highest BCUT2D eigenvalue weighted by Crippen LogP contribution is 2.67. The monoisotopic (exact) mass is 573 g/mol. The summed E-state index contributed by atoms with van der Waals surface area (Å²) in [4.78, 5) is 49.7. The number of carbonyl (C=O) groups is 4. The standard InChI is InChI=1S/C30H39NO10/c1-14-6-8-22-28(3,4)25(36)21(40-15(2)32)12-29(22,5)30(14)11-17-20(33)10-16-18(24(17)41-30)13-31(26(16)37)19(27(38)39)7-9-23(34)35/h10,14,19,21-22,25,33,36H,6-9,11-13H2,1-5H3,(H,34,35)(H,38,39)/t14-,19+,21?,22?,25-,29+,30?/m1/s1. The van der Waals surface area contributed by atoms with Crippen LogP contribution in [0.15, 0.2) is 6.07 Å². The molecule has 2 aliphatic heterocycles. The van der Waals surface area contributed by atoms with Crippen LogP contribution in [0.1, 0.15) is 88.2 Å². The number of phenols is 1. The molecule has 2 heterocycles. The molecule has 2 fully saturated rings. The van der Waals surface area contributed by atoms with Gasteiger partial charge in [0, 0.05) is 36.3 Å². The number of ether oxygens (including phenoxy) is 2. The van der Waals surface area contributed by atoms with E-state index in [-0.39, 0.29) is 36.1 Å². The van der Waals surface area contributed by atoms with Gasteiger partial charge in [-0.05, 0) is 49.0 Å². The highest BCUT2D eigenvalue weighted by atomic mass is 16.6. The SMILES string of the molecule is CC(=O)OC1C[C@@]2(C)C(CC[C@@H](C)C23Cc2c(O)cc4c(c2O3)CN([C@@H](CCC(=O)O)C(=O)O)C4=O)C(C)(C)[C@@H]1O. The maximum atomic E-state index is 13.4. The van der Waals surface area contributed by atoms with Crippen molar-refractivity contribution >= 4 is 23.8 Å². The molecule has 1 amide bonds. The van der Waals surface area contributed by atoms with Crippen LogP contribution in [-0.4, -0.2) is 73.0 Å². The fourth-order valence-electron chi connectivity index (χ4n) is 8.64. The van der Waals surface area contributed by atoms with Gasteiger partial charge >= 0.3 is 17.9 Å². The van der Waals surface area contributed by atoms with Crippen LogP contribution in [0, 0.1) is 22.7 Å². The summed E-state index contributed by atoms with van der Waals surface area (Å²) in [5.74, 6) is -3.31. The molecule has 3 unspecified atom stereocenters. The first-order valence-electron chi connectivity index (χ1n) is 14.2. The summed E-state index contributed by atoms with van der Waals surface area (Å²) >= 11 is 0. The number of phenolic OH excluding ortho intramolecular Hbond substituents is 1. The van der Waals surface area contributed by atoms with Gasteiger partial charge in [0.1, 0.15) is 29.2 Å². The smallest absolute Gasteiger partial charge is 0.326 e. The third-order valence-corrected chi connectivity index (χ3v) is 10.7. The zero-order chi connectivity index (χ0) is 30.2. The van der Waals surface area contributed by atoms with Crippen LogP contribution >= 0.6 is 0 Å². The van der Waals surface area contributed by atoms with E-state index >= 15 is 0 Å². The van der Waals surface area contributed by atoms with Gasteiger partial charge in [0.15, 0.2) is 0 Å². The van der Waals surface area contributed by atoms with Crippen LogP contribution < -0.4 is 4.74 Å². The van der Waals surface area contributed by atoms with Crippen molar-refractivity contribution in [1.29, 1.82) is 0 Å². The van der Waals surface area contributed by atoms with Gasteiger partial charge in [-0.15, -0.1) is 0 Å². The number of esters is 1. The molecular weight excluding hydrogens is 534 g/mol. The second-order valence-corrected chi connectivity index (χ2v) is 13.2. The van der Waals surface area contributed by atoms with Gasteiger partial charge in [-0.3, -0.25) is 14.4 Å². The van der Waals surface area contributed by atoms with Gasteiger partial charge in [-0.1, -0.05) is 27.7 Å². The highest BCUT2D eigenvalue weighted by Gasteiger charge is 2.69. The molecule has 2 aliphatic carbocycles. The van der Waals surface area contributed by atoms with Crippen molar-refractivity contribution in [2.45, 2.75) is 104 Å². The molecule has 0 saturated heterocycles. The lowest BCUT2D eigenvalue weighted by Gasteiger charge is -2.65. The first-order valence-corrected chi connectivity index (χ1v) is 14.2. The zero-order valence-corrected chi connectivity index (χ0v) is 24.1. The summed E-state index contributed by atoms with van der Waals surface area (Å²) in [7, 11) is 0. The molecule has 7 atom stereocenters. The number of aliphatic carboxylic acids is 2. The Labute approximate surface area is 238 Å². The predicted molar refractivity (Wildman–Crippen MR) is 143 cm³/mol. The van der Waals surface area contributed by atoms with Crippen LogP contribution in [0.2, 0.25) is 0 Å². The Morgan fingerprint density at radius 1 is 1.17 bits per heavy atom. The fraction of sp³-hybridized carbons (Fsp3) is 0.667. The summed E-state index contributed by atoms with van der Waals surface area (Å²) in [6.07, 6.45) is 0.0244. The molecule has 1 spiro atoms. The van der Waals surface area contributed by atoms with E-state index in [0.717, 1.165) is 17.7 Å². The summed E-state index contributed by atoms with van der Waals surface area (Å²) < 4.78 is 12.6. The van der Waals surface area contributed by atoms with E-state index in [1.54, 1.807) is 0 Å². The molecule has 41 heavy (non-hydrogen) atoms. The maximum Gasteiger partial charge on any atom is 0.326 e. The lowest BCUT2D eigenvalue weighted by molar-refractivity contribution is -0.245. The summed E-state index contributed by atoms with van der Waals surface area (Å²) in [5.41, 5.74) is -0.912. The Bertz CT molecular complexity index is 1320. The van der Waals surface area contributed by atoms with E-state index in [1.807, 2.05) is 13.8 Å². The van der Waals surface area contributed by atoms with Gasteiger partial charge in [0.25, 0.3) is 5.91 Å². The normalized spacial score (nSPS) is 33.9. The molecule has 0 aromatic heterocycles. The lowest BCUT2D eigenvalue weighted by Crippen LogP contribution is -2.69. The zero-order valence-electron chi connectivity index (χ0n) is 24.1. The second-order valence-electron chi connectivity index (χ2n) is 13.2. The number of carboxylic acids is 2. The lowest BCUT2D eigenvalue weighted by atomic mass is 9.43. The van der Waals surface area contributed by atoms with Crippen molar-refractivity contribution < 1.29 is 49.1 Å². The molecule has 0 bridgehead atoms. The molecule has 4 aliphatic rings. The van der Waals surface area contributed by atoms with Crippen molar-refractivity contribution in [2.24, 2.45) is 22.7 Å². The molecule has 1 aromatic carbocycles. The number of benzene rings is 1. The summed E-state index contributed by atoms with van der Waals surface area (Å²) in [6.45, 7) is 9.39. The first kappa shape index (κ1) is 29.2. The number of fused-ring (bicyclic) bond motifs is 5. The van der Waals surface area contributed by atoms with Crippen molar-refractivity contribution in [2.75, 3.05) is 0 Å². The Hall–Kier alpha value is -3.34. The number of aliphatic hydroxyl groups is 1. The Morgan fingerprint density at radius 3 is 2.46 bits per heavy atom. The minimum atomic E-state index is -1.35. The Kier molecular flexibility index (Phi) is 6.83. The Morgan fingerprint density at radius 2 is 1.85 bits per heavy atom. The number of aliphatic hydroxyl groups excluding tert-OH is 1. The molecular formula is C30H39NO10. The fourth-order valence-corrected chi connectivity index (χ4v) is 8.64. The summed E-state index contributed by atoms with van der Waals surface area (Å²) in [5, 5.41) is 41.4. The molecule has 224 valence electrons. The minimum Gasteiger partial charge on any atom is -0.508 e. The van der Waals surface area contributed by atoms with Gasteiger partial charge in [-0.2, -0.15) is 0 Å². The second kappa shape index (κ2) is 9.61. The number of amides is 1. The van der Waals surface area contributed by atoms with Crippen LogP contribution in [0.5, 0.6) is 11.5 Å². The molecule has 5 rings (SSSR count). The number of carbonyl (C=O) groups excluding carboxylic acids is 2. The number of hydrogen-bond acceptors (Lipinski definition) is 8. The molecule has 1 aromatic rings. The highest BCUT2D eigenvalue weighted by molar-refractivity contribution is 6.02. The van der Waals surface area contributed by atoms with E-state index in [4.69, 9.17) is 14.6 Å². The first-order chi connectivity index (χ1) is 19.0. The molecule has 0 radical (unpaired) electrons. The predicted octanol–water partition coefficient (Wildman–Crippen LogP) is 3.11. The number of carboxylic acid groups (broad SMARTS) is 2. The average Bonchev–Trinajstić information content (AvgIpc) is 3.42. The van der Waals surface area contributed by atoms with Gasteiger partial charge < -0.3 is 34.8 Å². The van der Waals surface area contributed by atoms with E-state index in [9.17, 15) is 34.5 Å². The number of hydrogen-bond donors (Lipinski definition) is 4. The van der Waals surface area contributed by atoms with Crippen LogP contribution in [0.3, 0.4) is 0 Å². The van der Waals surface area contributed by atoms with E-state index in [1.165, 1.54) is 13.0 Å². The third kappa shape index (κ3) is 4.18. The van der Waals surface area contributed by atoms with Crippen LogP contribution in [0.4, 0.5) is 0 Å². The molecule has 11 nitrogen and oxygen atoms in total.